The monoisotopic (exact) mass is 322 g/mol. The van der Waals surface area contributed by atoms with Crippen molar-refractivity contribution in [2.24, 2.45) is 0 Å². The number of nitrogens with zero attached hydrogens (tertiary/aromatic N) is 4. The highest BCUT2D eigenvalue weighted by molar-refractivity contribution is 9.10. The van der Waals surface area contributed by atoms with Gasteiger partial charge in [0.2, 0.25) is 0 Å². The minimum absolute atomic E-state index is 0.270. The first kappa shape index (κ1) is 12.7. The zero-order valence-electron chi connectivity index (χ0n) is 10.5. The van der Waals surface area contributed by atoms with Crippen LogP contribution in [0.2, 0.25) is 0 Å². The summed E-state index contributed by atoms with van der Waals surface area (Å²) in [5, 5.41) is 3.76. The lowest BCUT2D eigenvalue weighted by Crippen LogP contribution is -2.33. The summed E-state index contributed by atoms with van der Waals surface area (Å²) >= 11 is 3.37. The van der Waals surface area contributed by atoms with Gasteiger partial charge in [0.1, 0.15) is 5.82 Å². The number of rotatable bonds is 3. The average Bonchev–Trinajstić information content (AvgIpc) is 2.93. The summed E-state index contributed by atoms with van der Waals surface area (Å²) in [6.45, 7) is 1.81. The van der Waals surface area contributed by atoms with Crippen LogP contribution in [0.1, 0.15) is 36.9 Å². The number of likely N-dealkylation sites (tertiary alicyclic amines) is 1. The lowest BCUT2D eigenvalue weighted by Gasteiger charge is -2.33. The largest absolute Gasteiger partial charge is 0.360 e. The molecule has 2 aromatic heterocycles. The first-order valence-corrected chi connectivity index (χ1v) is 7.23. The Morgan fingerprint density at radius 2 is 2.16 bits per heavy atom. The minimum atomic E-state index is 0.270. The molecule has 100 valence electrons. The van der Waals surface area contributed by atoms with Crippen molar-refractivity contribution in [2.75, 3.05) is 6.54 Å². The molecule has 19 heavy (non-hydrogen) atoms. The Balaban J connectivity index is 1.78. The van der Waals surface area contributed by atoms with Crippen LogP contribution in [0.5, 0.6) is 0 Å². The van der Waals surface area contributed by atoms with Crippen LogP contribution in [-0.4, -0.2) is 26.6 Å². The van der Waals surface area contributed by atoms with Crippen molar-refractivity contribution >= 4 is 15.9 Å². The molecule has 0 spiro atoms. The van der Waals surface area contributed by atoms with Crippen LogP contribution in [0.4, 0.5) is 0 Å². The van der Waals surface area contributed by atoms with E-state index in [2.05, 4.69) is 36.0 Å². The average molecular weight is 323 g/mol. The SMILES string of the molecule is Brc1cnc(C2CCCCN2Cc2ccno2)nc1. The third kappa shape index (κ3) is 3.01. The van der Waals surface area contributed by atoms with Gasteiger partial charge < -0.3 is 4.52 Å². The second-order valence-corrected chi connectivity index (χ2v) is 5.64. The fourth-order valence-electron chi connectivity index (χ4n) is 2.49. The number of aromatic nitrogens is 3. The molecular formula is C13H15BrN4O. The highest BCUT2D eigenvalue weighted by Gasteiger charge is 2.26. The van der Waals surface area contributed by atoms with Crippen LogP contribution < -0.4 is 0 Å². The third-order valence-electron chi connectivity index (χ3n) is 3.40. The molecule has 0 bridgehead atoms. The van der Waals surface area contributed by atoms with Gasteiger partial charge in [-0.25, -0.2) is 9.97 Å². The van der Waals surface area contributed by atoms with E-state index in [1.165, 1.54) is 12.8 Å². The molecule has 2 aromatic rings. The van der Waals surface area contributed by atoms with Crippen LogP contribution in [0.3, 0.4) is 0 Å². The smallest absolute Gasteiger partial charge is 0.150 e. The van der Waals surface area contributed by atoms with Gasteiger partial charge in [-0.15, -0.1) is 0 Å². The van der Waals surface area contributed by atoms with Gasteiger partial charge in [0.25, 0.3) is 0 Å². The lowest BCUT2D eigenvalue weighted by atomic mass is 10.0. The zero-order valence-corrected chi connectivity index (χ0v) is 12.1. The maximum atomic E-state index is 5.20. The van der Waals surface area contributed by atoms with Crippen LogP contribution in [-0.2, 0) is 6.54 Å². The molecule has 1 aliphatic heterocycles. The lowest BCUT2D eigenvalue weighted by molar-refractivity contribution is 0.120. The second kappa shape index (κ2) is 5.79. The van der Waals surface area contributed by atoms with E-state index in [4.69, 9.17) is 4.52 Å². The van der Waals surface area contributed by atoms with Crippen LogP contribution in [0.25, 0.3) is 0 Å². The normalized spacial score (nSPS) is 20.6. The van der Waals surface area contributed by atoms with Crippen molar-refractivity contribution in [3.05, 3.63) is 40.7 Å². The molecule has 5 nitrogen and oxygen atoms in total. The summed E-state index contributed by atoms with van der Waals surface area (Å²) in [5.41, 5.74) is 0. The summed E-state index contributed by atoms with van der Waals surface area (Å²) < 4.78 is 6.11. The van der Waals surface area contributed by atoms with E-state index in [0.717, 1.165) is 35.6 Å². The number of piperidine rings is 1. The van der Waals surface area contributed by atoms with Crippen molar-refractivity contribution in [1.29, 1.82) is 0 Å². The van der Waals surface area contributed by atoms with Crippen molar-refractivity contribution in [2.45, 2.75) is 31.8 Å². The van der Waals surface area contributed by atoms with E-state index in [0.29, 0.717) is 0 Å². The topological polar surface area (TPSA) is 55.1 Å². The molecule has 0 aliphatic carbocycles. The van der Waals surface area contributed by atoms with Gasteiger partial charge >= 0.3 is 0 Å². The molecule has 0 amide bonds. The Morgan fingerprint density at radius 1 is 1.32 bits per heavy atom. The van der Waals surface area contributed by atoms with Crippen LogP contribution in [0, 0.1) is 0 Å². The molecule has 0 saturated carbocycles. The molecule has 1 saturated heterocycles. The molecule has 6 heteroatoms. The first-order chi connectivity index (χ1) is 9.33. The highest BCUT2D eigenvalue weighted by Crippen LogP contribution is 2.30. The summed E-state index contributed by atoms with van der Waals surface area (Å²) in [4.78, 5) is 11.2. The summed E-state index contributed by atoms with van der Waals surface area (Å²) in [6, 6.07) is 2.18. The Labute approximate surface area is 120 Å². The van der Waals surface area contributed by atoms with Gasteiger partial charge in [-0.3, -0.25) is 4.90 Å². The Morgan fingerprint density at radius 3 is 2.89 bits per heavy atom. The molecule has 1 atom stereocenters. The molecule has 0 radical (unpaired) electrons. The van der Waals surface area contributed by atoms with Gasteiger partial charge in [0.05, 0.1) is 23.3 Å². The molecule has 1 aliphatic rings. The van der Waals surface area contributed by atoms with Gasteiger partial charge in [-0.05, 0) is 35.3 Å². The molecule has 0 aromatic carbocycles. The maximum Gasteiger partial charge on any atom is 0.150 e. The first-order valence-electron chi connectivity index (χ1n) is 6.44. The second-order valence-electron chi connectivity index (χ2n) is 4.72. The minimum Gasteiger partial charge on any atom is -0.360 e. The third-order valence-corrected chi connectivity index (χ3v) is 3.81. The van der Waals surface area contributed by atoms with E-state index in [1.807, 2.05) is 18.5 Å². The maximum absolute atomic E-state index is 5.20. The number of hydrogen-bond acceptors (Lipinski definition) is 5. The predicted octanol–water partition coefficient (Wildman–Crippen LogP) is 2.95. The predicted molar refractivity (Wildman–Crippen MR) is 73.2 cm³/mol. The van der Waals surface area contributed by atoms with Gasteiger partial charge in [-0.2, -0.15) is 0 Å². The van der Waals surface area contributed by atoms with E-state index >= 15 is 0 Å². The van der Waals surface area contributed by atoms with E-state index in [-0.39, 0.29) is 6.04 Å². The highest BCUT2D eigenvalue weighted by atomic mass is 79.9. The van der Waals surface area contributed by atoms with E-state index in [1.54, 1.807) is 6.20 Å². The van der Waals surface area contributed by atoms with Gasteiger partial charge in [0.15, 0.2) is 5.76 Å². The molecular weight excluding hydrogens is 308 g/mol. The standard InChI is InChI=1S/C13H15BrN4O/c14-10-7-15-13(16-8-10)12-3-1-2-6-18(12)9-11-4-5-17-19-11/h4-5,7-8,12H,1-3,6,9H2. The number of halogens is 1. The van der Waals surface area contributed by atoms with Crippen molar-refractivity contribution < 1.29 is 4.52 Å². The van der Waals surface area contributed by atoms with Gasteiger partial charge in [-0.1, -0.05) is 11.6 Å². The summed E-state index contributed by atoms with van der Waals surface area (Å²) in [7, 11) is 0. The quantitative estimate of drug-likeness (QED) is 0.869. The van der Waals surface area contributed by atoms with E-state index < -0.39 is 0 Å². The zero-order chi connectivity index (χ0) is 13.1. The Kier molecular flexibility index (Phi) is 3.89. The molecule has 1 unspecified atom stereocenters. The Hall–Kier alpha value is -1.27. The van der Waals surface area contributed by atoms with Gasteiger partial charge in [0, 0.05) is 18.5 Å². The molecule has 0 N–H and O–H groups in total. The van der Waals surface area contributed by atoms with Crippen LogP contribution >= 0.6 is 15.9 Å². The van der Waals surface area contributed by atoms with E-state index in [9.17, 15) is 0 Å². The molecule has 1 fully saturated rings. The number of hydrogen-bond donors (Lipinski definition) is 0. The van der Waals surface area contributed by atoms with Crippen LogP contribution in [0.15, 0.2) is 33.7 Å². The molecule has 3 rings (SSSR count). The van der Waals surface area contributed by atoms with Crippen molar-refractivity contribution in [1.82, 2.24) is 20.0 Å². The van der Waals surface area contributed by atoms with Crippen molar-refractivity contribution in [3.8, 4) is 0 Å². The fraction of sp³-hybridized carbons (Fsp3) is 0.462. The van der Waals surface area contributed by atoms with Crippen molar-refractivity contribution in [3.63, 3.8) is 0 Å². The summed E-state index contributed by atoms with van der Waals surface area (Å²) in [5.74, 6) is 1.78. The Bertz CT molecular complexity index is 514. The summed E-state index contributed by atoms with van der Waals surface area (Å²) in [6.07, 6.45) is 8.82. The fourth-order valence-corrected chi connectivity index (χ4v) is 2.70. The molecule has 3 heterocycles.